The number of pyridine rings is 1. The Bertz CT molecular complexity index is 1160. The van der Waals surface area contributed by atoms with Crippen LogP contribution in [0.4, 0.5) is 0 Å². The second kappa shape index (κ2) is 9.35. The number of aliphatic hydroxyl groups is 1. The molecule has 3 aromatic heterocycles. The van der Waals surface area contributed by atoms with Crippen molar-refractivity contribution in [3.05, 3.63) is 52.6 Å². The Hall–Kier alpha value is -2.37. The number of aromatic nitrogens is 6. The van der Waals surface area contributed by atoms with Crippen LogP contribution in [0.2, 0.25) is 5.02 Å². The molecule has 0 spiro atoms. The molecule has 0 aromatic carbocycles. The Morgan fingerprint density at radius 3 is 2.71 bits per heavy atom. The lowest BCUT2D eigenvalue weighted by Crippen LogP contribution is -2.51. The van der Waals surface area contributed by atoms with Crippen LogP contribution in [-0.2, 0) is 9.57 Å². The molecule has 5 heterocycles. The minimum absolute atomic E-state index is 0.274. The predicted octanol–water partition coefficient (Wildman–Crippen LogP) is 2.98. The zero-order valence-corrected chi connectivity index (χ0v) is 20.5. The number of hydroxylamine groups is 1. The van der Waals surface area contributed by atoms with Gasteiger partial charge in [0.2, 0.25) is 0 Å². The fourth-order valence-electron chi connectivity index (χ4n) is 4.67. The SMILES string of the molecule is CC.Cc1cnn(C2C(O)C(c3nc(C)nn3-c3cc(Cl)cnc3C3CC3)OC3CNOC32)c1. The van der Waals surface area contributed by atoms with E-state index in [1.54, 1.807) is 21.8 Å². The van der Waals surface area contributed by atoms with E-state index in [9.17, 15) is 5.11 Å². The third kappa shape index (κ3) is 4.14. The van der Waals surface area contributed by atoms with E-state index in [0.29, 0.717) is 29.1 Å². The van der Waals surface area contributed by atoms with E-state index in [4.69, 9.17) is 21.2 Å². The summed E-state index contributed by atoms with van der Waals surface area (Å²) in [7, 11) is 0. The van der Waals surface area contributed by atoms with E-state index >= 15 is 0 Å². The average Bonchev–Trinajstić information content (AvgIpc) is 3.21. The Kier molecular flexibility index (Phi) is 6.43. The summed E-state index contributed by atoms with van der Waals surface area (Å²) in [5, 5.41) is 21.1. The minimum atomic E-state index is -0.964. The van der Waals surface area contributed by atoms with Gasteiger partial charge in [0.15, 0.2) is 5.82 Å². The molecule has 1 saturated carbocycles. The van der Waals surface area contributed by atoms with Gasteiger partial charge in [0.05, 0.1) is 29.1 Å². The van der Waals surface area contributed by atoms with Crippen LogP contribution >= 0.6 is 11.6 Å². The maximum atomic E-state index is 11.5. The minimum Gasteiger partial charge on any atom is -0.388 e. The fraction of sp³-hybridized carbons (Fsp3) is 0.565. The van der Waals surface area contributed by atoms with Crippen LogP contribution in [0, 0.1) is 13.8 Å². The van der Waals surface area contributed by atoms with Gasteiger partial charge in [-0.15, -0.1) is 0 Å². The van der Waals surface area contributed by atoms with Crippen LogP contribution in [0.1, 0.15) is 67.7 Å². The van der Waals surface area contributed by atoms with Gasteiger partial charge in [0.1, 0.15) is 36.3 Å². The van der Waals surface area contributed by atoms with Crippen molar-refractivity contribution in [3.63, 3.8) is 0 Å². The number of nitrogens with one attached hydrogen (secondary N) is 1. The van der Waals surface area contributed by atoms with Crippen LogP contribution < -0.4 is 5.48 Å². The molecule has 0 amide bonds. The van der Waals surface area contributed by atoms with Crippen molar-refractivity contribution in [1.82, 2.24) is 35.0 Å². The topological polar surface area (TPSA) is 112 Å². The Labute approximate surface area is 203 Å². The van der Waals surface area contributed by atoms with Gasteiger partial charge in [-0.2, -0.15) is 15.7 Å². The van der Waals surface area contributed by atoms with Gasteiger partial charge in [-0.25, -0.2) is 9.67 Å². The summed E-state index contributed by atoms with van der Waals surface area (Å²) in [5.74, 6) is 1.47. The predicted molar refractivity (Wildman–Crippen MR) is 125 cm³/mol. The Morgan fingerprint density at radius 2 is 2.00 bits per heavy atom. The molecule has 5 unspecified atom stereocenters. The zero-order valence-electron chi connectivity index (χ0n) is 19.7. The summed E-state index contributed by atoms with van der Waals surface area (Å²) in [6.45, 7) is 8.29. The second-order valence-electron chi connectivity index (χ2n) is 8.77. The molecular formula is C23H30ClN7O3. The summed E-state index contributed by atoms with van der Waals surface area (Å²) in [4.78, 5) is 15.0. The van der Waals surface area contributed by atoms with Crippen molar-refractivity contribution >= 4 is 11.6 Å². The standard InChI is InChI=1S/C21H24ClN7O3.C2H6/c1-10-6-24-28(9-10)17-18(30)20(31-15-8-25-32-19(15)17)21-26-11(2)27-29(21)14-5-13(22)7-23-16(14)12-3-4-12;1-2/h5-7,9,12,15,17-20,25,30H,3-4,8H2,1-2H3;1-2H3. The number of ether oxygens (including phenoxy) is 1. The van der Waals surface area contributed by atoms with Crippen LogP contribution in [0.25, 0.3) is 5.69 Å². The Balaban J connectivity index is 0.00000117. The summed E-state index contributed by atoms with van der Waals surface area (Å²) in [6, 6.07) is 1.40. The highest BCUT2D eigenvalue weighted by atomic mass is 35.5. The van der Waals surface area contributed by atoms with Gasteiger partial charge in [0, 0.05) is 18.3 Å². The first-order chi connectivity index (χ1) is 16.5. The summed E-state index contributed by atoms with van der Waals surface area (Å²) >= 11 is 6.30. The second-order valence-corrected chi connectivity index (χ2v) is 9.20. The van der Waals surface area contributed by atoms with E-state index < -0.39 is 18.2 Å². The molecule has 0 radical (unpaired) electrons. The molecule has 0 bridgehead atoms. The van der Waals surface area contributed by atoms with Gasteiger partial charge < -0.3 is 9.84 Å². The monoisotopic (exact) mass is 487 g/mol. The number of hydrogen-bond donors (Lipinski definition) is 2. The fourth-order valence-corrected chi connectivity index (χ4v) is 4.82. The molecule has 6 rings (SSSR count). The molecule has 5 atom stereocenters. The molecule has 10 nitrogen and oxygen atoms in total. The number of nitrogens with zero attached hydrogens (tertiary/aromatic N) is 6. The van der Waals surface area contributed by atoms with E-state index in [1.807, 2.05) is 40.0 Å². The molecule has 11 heteroatoms. The van der Waals surface area contributed by atoms with Crippen molar-refractivity contribution in [2.75, 3.05) is 6.54 Å². The molecule has 182 valence electrons. The number of aliphatic hydroxyl groups excluding tert-OH is 1. The average molecular weight is 488 g/mol. The summed E-state index contributed by atoms with van der Waals surface area (Å²) in [5.41, 5.74) is 5.63. The molecule has 2 N–H and O–H groups in total. The number of hydrogen-bond acceptors (Lipinski definition) is 8. The van der Waals surface area contributed by atoms with Crippen LogP contribution in [-0.4, -0.2) is 59.5 Å². The van der Waals surface area contributed by atoms with Crippen molar-refractivity contribution < 1.29 is 14.7 Å². The highest BCUT2D eigenvalue weighted by molar-refractivity contribution is 6.30. The quantitative estimate of drug-likeness (QED) is 0.577. The number of rotatable bonds is 4. The summed E-state index contributed by atoms with van der Waals surface area (Å²) < 4.78 is 9.81. The lowest BCUT2D eigenvalue weighted by molar-refractivity contribution is -0.188. The van der Waals surface area contributed by atoms with Crippen molar-refractivity contribution in [1.29, 1.82) is 0 Å². The highest BCUT2D eigenvalue weighted by Gasteiger charge is 2.52. The van der Waals surface area contributed by atoms with Gasteiger partial charge in [-0.1, -0.05) is 25.4 Å². The Morgan fingerprint density at radius 1 is 1.21 bits per heavy atom. The number of halogens is 1. The molecule has 3 aliphatic rings. The maximum absolute atomic E-state index is 11.5. The molecule has 34 heavy (non-hydrogen) atoms. The third-order valence-corrected chi connectivity index (χ3v) is 6.48. The molecule has 3 fully saturated rings. The van der Waals surface area contributed by atoms with Gasteiger partial charge in [-0.3, -0.25) is 14.5 Å². The molecule has 1 aliphatic carbocycles. The van der Waals surface area contributed by atoms with Gasteiger partial charge in [0.25, 0.3) is 0 Å². The molecule has 3 aromatic rings. The molecule has 2 saturated heterocycles. The normalized spacial score (nSPS) is 28.4. The lowest BCUT2D eigenvalue weighted by atomic mass is 9.92. The smallest absolute Gasteiger partial charge is 0.164 e. The van der Waals surface area contributed by atoms with E-state index in [0.717, 1.165) is 29.8 Å². The van der Waals surface area contributed by atoms with Crippen molar-refractivity contribution in [3.8, 4) is 5.69 Å². The van der Waals surface area contributed by atoms with Crippen molar-refractivity contribution in [2.24, 2.45) is 0 Å². The zero-order chi connectivity index (χ0) is 24.0. The van der Waals surface area contributed by atoms with Crippen molar-refractivity contribution in [2.45, 2.75) is 76.9 Å². The van der Waals surface area contributed by atoms with Gasteiger partial charge in [-0.05, 0) is 38.3 Å². The first kappa shape index (κ1) is 23.4. The van der Waals surface area contributed by atoms with Crippen LogP contribution in [0.15, 0.2) is 24.7 Å². The highest BCUT2D eigenvalue weighted by Crippen LogP contribution is 2.44. The van der Waals surface area contributed by atoms with Gasteiger partial charge >= 0.3 is 0 Å². The molecular weight excluding hydrogens is 458 g/mol. The largest absolute Gasteiger partial charge is 0.388 e. The van der Waals surface area contributed by atoms with Crippen LogP contribution in [0.3, 0.4) is 0 Å². The lowest BCUT2D eigenvalue weighted by Gasteiger charge is -2.40. The van der Waals surface area contributed by atoms with Crippen LogP contribution in [0.5, 0.6) is 0 Å². The van der Waals surface area contributed by atoms with E-state index in [1.165, 1.54) is 0 Å². The third-order valence-electron chi connectivity index (χ3n) is 6.27. The first-order valence-corrected chi connectivity index (χ1v) is 12.2. The molecule has 2 aliphatic heterocycles. The van der Waals surface area contributed by atoms with E-state index in [2.05, 4.69) is 25.6 Å². The number of aryl methyl sites for hydroxylation is 2. The number of fused-ring (bicyclic) bond motifs is 1. The first-order valence-electron chi connectivity index (χ1n) is 11.8. The van der Waals surface area contributed by atoms with E-state index in [-0.39, 0.29) is 12.2 Å². The summed E-state index contributed by atoms with van der Waals surface area (Å²) in [6.07, 6.45) is 5.14. The maximum Gasteiger partial charge on any atom is 0.164 e.